The summed E-state index contributed by atoms with van der Waals surface area (Å²) in [4.78, 5) is 19.6. The van der Waals surface area contributed by atoms with Crippen molar-refractivity contribution in [2.24, 2.45) is 5.10 Å². The van der Waals surface area contributed by atoms with Crippen molar-refractivity contribution in [3.05, 3.63) is 59.4 Å². The number of amides is 1. The molecule has 0 saturated carbocycles. The van der Waals surface area contributed by atoms with E-state index in [2.05, 4.69) is 20.5 Å². The van der Waals surface area contributed by atoms with Crippen molar-refractivity contribution in [3.63, 3.8) is 0 Å². The Bertz CT molecular complexity index is 755. The number of aryl methyl sites for hydroxylation is 1. The molecule has 2 aromatic rings. The molecular weight excluding hydrogens is 311 g/mol. The molecule has 0 saturated heterocycles. The zero-order chi connectivity index (χ0) is 17.7. The number of aromatic nitrogens is 2. The van der Waals surface area contributed by atoms with Crippen LogP contribution in [0.25, 0.3) is 0 Å². The molecule has 0 aliphatic rings. The highest BCUT2D eigenvalue weighted by atomic mass is 19.1. The molecule has 0 aliphatic heterocycles. The summed E-state index contributed by atoms with van der Waals surface area (Å²) in [6, 6.07) is 4.74. The van der Waals surface area contributed by atoms with Crippen LogP contribution in [-0.2, 0) is 4.74 Å². The molecule has 1 amide bonds. The number of hydrogen-bond acceptors (Lipinski definition) is 5. The largest absolute Gasteiger partial charge is 0.443 e. The van der Waals surface area contributed by atoms with Crippen molar-refractivity contribution in [1.82, 2.24) is 15.4 Å². The fourth-order valence-electron chi connectivity index (χ4n) is 1.92. The molecule has 0 radical (unpaired) electrons. The van der Waals surface area contributed by atoms with E-state index in [0.29, 0.717) is 5.56 Å². The van der Waals surface area contributed by atoms with Gasteiger partial charge in [0.1, 0.15) is 23.5 Å². The number of nitrogens with one attached hydrogen (secondary N) is 1. The summed E-state index contributed by atoms with van der Waals surface area (Å²) in [5.41, 5.74) is 3.30. The van der Waals surface area contributed by atoms with Gasteiger partial charge in [-0.05, 0) is 45.4 Å². The van der Waals surface area contributed by atoms with E-state index < -0.39 is 17.5 Å². The highest BCUT2D eigenvalue weighted by molar-refractivity contribution is 6.12. The van der Waals surface area contributed by atoms with Crippen molar-refractivity contribution in [2.75, 3.05) is 0 Å². The van der Waals surface area contributed by atoms with E-state index in [1.54, 1.807) is 39.8 Å². The third-order valence-electron chi connectivity index (χ3n) is 2.87. The minimum atomic E-state index is -0.732. The number of ether oxygens (including phenoxy) is 1. The van der Waals surface area contributed by atoms with E-state index in [9.17, 15) is 9.18 Å². The van der Waals surface area contributed by atoms with Gasteiger partial charge in [-0.25, -0.2) is 24.6 Å². The second-order valence-corrected chi connectivity index (χ2v) is 6.18. The van der Waals surface area contributed by atoms with Gasteiger partial charge in [0.25, 0.3) is 0 Å². The number of nitrogens with zero attached hydrogens (tertiary/aromatic N) is 3. The van der Waals surface area contributed by atoms with E-state index in [4.69, 9.17) is 4.74 Å². The average molecular weight is 330 g/mol. The normalized spacial score (nSPS) is 12.0. The lowest BCUT2D eigenvalue weighted by Crippen LogP contribution is -2.30. The van der Waals surface area contributed by atoms with Gasteiger partial charge in [0.2, 0.25) is 0 Å². The van der Waals surface area contributed by atoms with E-state index in [0.717, 1.165) is 5.56 Å². The number of halogens is 1. The zero-order valence-electron chi connectivity index (χ0n) is 14.0. The molecular formula is C17H19FN4O2. The molecule has 0 bridgehead atoms. The maximum atomic E-state index is 14.3. The Hall–Kier alpha value is -2.83. The molecule has 6 nitrogen and oxygen atoms in total. The molecule has 1 heterocycles. The van der Waals surface area contributed by atoms with Crippen LogP contribution in [0.5, 0.6) is 0 Å². The molecule has 0 unspecified atom stereocenters. The number of carbonyl (C=O) groups is 1. The lowest BCUT2D eigenvalue weighted by Gasteiger charge is -2.18. The lowest BCUT2D eigenvalue weighted by atomic mass is 10.0. The third-order valence-corrected chi connectivity index (χ3v) is 2.87. The second kappa shape index (κ2) is 7.16. The van der Waals surface area contributed by atoms with Gasteiger partial charge in [0.15, 0.2) is 0 Å². The van der Waals surface area contributed by atoms with Gasteiger partial charge in [-0.1, -0.05) is 6.07 Å². The van der Waals surface area contributed by atoms with Crippen LogP contribution in [0.2, 0.25) is 0 Å². The highest BCUT2D eigenvalue weighted by Crippen LogP contribution is 2.15. The first-order chi connectivity index (χ1) is 11.3. The monoisotopic (exact) mass is 330 g/mol. The first kappa shape index (κ1) is 17.5. The van der Waals surface area contributed by atoms with Crippen molar-refractivity contribution in [2.45, 2.75) is 33.3 Å². The Morgan fingerprint density at radius 1 is 1.25 bits per heavy atom. The number of rotatable bonds is 3. The first-order valence-electron chi connectivity index (χ1n) is 7.35. The molecule has 0 atom stereocenters. The van der Waals surface area contributed by atoms with Gasteiger partial charge in [0.05, 0.1) is 0 Å². The Labute approximate surface area is 139 Å². The van der Waals surface area contributed by atoms with Crippen LogP contribution in [0.3, 0.4) is 0 Å². The van der Waals surface area contributed by atoms with Crippen molar-refractivity contribution in [1.29, 1.82) is 0 Å². The smallest absolute Gasteiger partial charge is 0.428 e. The van der Waals surface area contributed by atoms with Gasteiger partial charge < -0.3 is 4.74 Å². The molecule has 7 heteroatoms. The van der Waals surface area contributed by atoms with Crippen LogP contribution in [0, 0.1) is 12.7 Å². The number of benzene rings is 1. The predicted octanol–water partition coefficient (Wildman–Crippen LogP) is 3.20. The summed E-state index contributed by atoms with van der Waals surface area (Å²) in [7, 11) is 0. The lowest BCUT2D eigenvalue weighted by molar-refractivity contribution is 0.0529. The predicted molar refractivity (Wildman–Crippen MR) is 88.2 cm³/mol. The van der Waals surface area contributed by atoms with Gasteiger partial charge in [-0.15, -0.1) is 0 Å². The molecule has 24 heavy (non-hydrogen) atoms. The van der Waals surface area contributed by atoms with Crippen LogP contribution in [0.4, 0.5) is 9.18 Å². The maximum absolute atomic E-state index is 14.3. The van der Waals surface area contributed by atoms with Gasteiger partial charge in [0, 0.05) is 23.5 Å². The topological polar surface area (TPSA) is 76.5 Å². The molecule has 126 valence electrons. The first-order valence-corrected chi connectivity index (χ1v) is 7.35. The van der Waals surface area contributed by atoms with E-state index in [1.807, 2.05) is 0 Å². The Kier molecular flexibility index (Phi) is 5.23. The van der Waals surface area contributed by atoms with Crippen molar-refractivity contribution in [3.8, 4) is 0 Å². The van der Waals surface area contributed by atoms with Crippen LogP contribution >= 0.6 is 0 Å². The van der Waals surface area contributed by atoms with Gasteiger partial charge in [-0.2, -0.15) is 5.10 Å². The van der Waals surface area contributed by atoms with Crippen LogP contribution in [0.15, 0.2) is 42.0 Å². The minimum absolute atomic E-state index is 0.207. The summed E-state index contributed by atoms with van der Waals surface area (Å²) in [5.74, 6) is -0.455. The third kappa shape index (κ3) is 4.84. The molecule has 1 aromatic heterocycles. The fraction of sp³-hybridized carbons (Fsp3) is 0.294. The summed E-state index contributed by atoms with van der Waals surface area (Å²) in [6.07, 6.45) is 3.60. The average Bonchev–Trinajstić information content (AvgIpc) is 2.48. The Morgan fingerprint density at radius 2 is 1.92 bits per heavy atom. The summed E-state index contributed by atoms with van der Waals surface area (Å²) < 4.78 is 19.4. The molecule has 2 rings (SSSR count). The Morgan fingerprint density at radius 3 is 2.50 bits per heavy atom. The zero-order valence-corrected chi connectivity index (χ0v) is 14.0. The second-order valence-electron chi connectivity index (χ2n) is 6.18. The standard InChI is InChI=1S/C17H19FN4O2/c1-11-5-6-13(14(18)7-11)15(12-8-19-10-20-9-12)21-22-16(23)24-17(2,3)4/h5-10H,1-4H3,(H,22,23)/b21-15-. The van der Waals surface area contributed by atoms with E-state index in [-0.39, 0.29) is 11.3 Å². The van der Waals surface area contributed by atoms with E-state index in [1.165, 1.54) is 24.8 Å². The quantitative estimate of drug-likeness (QED) is 0.692. The number of hydrazone groups is 1. The van der Waals surface area contributed by atoms with Crippen molar-refractivity contribution < 1.29 is 13.9 Å². The number of hydrogen-bond donors (Lipinski definition) is 1. The van der Waals surface area contributed by atoms with Crippen LogP contribution in [-0.4, -0.2) is 27.4 Å². The van der Waals surface area contributed by atoms with E-state index >= 15 is 0 Å². The van der Waals surface area contributed by atoms with Crippen molar-refractivity contribution >= 4 is 11.8 Å². The summed E-state index contributed by atoms with van der Waals surface area (Å²) in [5, 5.41) is 4.01. The highest BCUT2D eigenvalue weighted by Gasteiger charge is 2.17. The van der Waals surface area contributed by atoms with Crippen LogP contribution in [0.1, 0.15) is 37.5 Å². The SMILES string of the molecule is Cc1ccc(/C(=N\NC(=O)OC(C)(C)C)c2cncnc2)c(F)c1. The maximum Gasteiger partial charge on any atom is 0.428 e. The minimum Gasteiger partial charge on any atom is -0.443 e. The van der Waals surface area contributed by atoms with Gasteiger partial charge in [-0.3, -0.25) is 0 Å². The molecule has 0 aliphatic carbocycles. The number of carbonyl (C=O) groups excluding carboxylic acids is 1. The molecule has 1 aromatic carbocycles. The van der Waals surface area contributed by atoms with Gasteiger partial charge >= 0.3 is 6.09 Å². The summed E-state index contributed by atoms with van der Waals surface area (Å²) >= 11 is 0. The molecule has 0 spiro atoms. The molecule has 0 fully saturated rings. The fourth-order valence-corrected chi connectivity index (χ4v) is 1.92. The van der Waals surface area contributed by atoms with Crippen LogP contribution < -0.4 is 5.43 Å². The molecule has 1 N–H and O–H groups in total. The summed E-state index contributed by atoms with van der Waals surface area (Å²) in [6.45, 7) is 7.00. The Balaban J connectivity index is 2.37.